The summed E-state index contributed by atoms with van der Waals surface area (Å²) in [5.74, 6) is -1.80. The van der Waals surface area contributed by atoms with Crippen LogP contribution in [0.3, 0.4) is 0 Å². The number of carbonyl (C=O) groups is 2. The third kappa shape index (κ3) is 41.7. The lowest BCUT2D eigenvalue weighted by Crippen LogP contribution is -2.56. The second-order valence-electron chi connectivity index (χ2n) is 19.9. The molecule has 85 heavy (non-hydrogen) atoms. The van der Waals surface area contributed by atoms with Crippen LogP contribution in [0.5, 0.6) is 0 Å². The van der Waals surface area contributed by atoms with Crippen molar-refractivity contribution in [1.82, 2.24) is 4.90 Å². The molecule has 36 nitrogen and oxygen atoms in total. The highest BCUT2D eigenvalue weighted by molar-refractivity contribution is 5.81. The lowest BCUT2D eigenvalue weighted by molar-refractivity contribution is -0.157. The average molecular weight is 1260 g/mol. The largest absolute Gasteiger partial charge is 0.394 e. The molecule has 0 aromatic carbocycles. The van der Waals surface area contributed by atoms with Crippen LogP contribution in [-0.4, -0.2) is 423 Å². The van der Waals surface area contributed by atoms with Gasteiger partial charge in [0.15, 0.2) is 11.9 Å². The summed E-state index contributed by atoms with van der Waals surface area (Å²) in [7, 11) is 0. The number of nitrogens with zero attached hydrogens (tertiary/aromatic N) is 1. The molecule has 1 amide bonds. The summed E-state index contributed by atoms with van der Waals surface area (Å²) in [6, 6.07) is 0. The van der Waals surface area contributed by atoms with E-state index in [0.717, 1.165) is 0 Å². The number of amides is 1. The zero-order valence-corrected chi connectivity index (χ0v) is 47.5. The van der Waals surface area contributed by atoms with Crippen LogP contribution in [0.1, 0.15) is 6.92 Å². The number of ketones is 1. The first-order chi connectivity index (χ1) is 40.1. The molecule has 0 fully saturated rings. The van der Waals surface area contributed by atoms with E-state index in [9.17, 15) is 112 Å². The van der Waals surface area contributed by atoms with Crippen molar-refractivity contribution in [2.24, 2.45) is 0 Å². The molecule has 0 aromatic rings. The zero-order valence-electron chi connectivity index (χ0n) is 47.5. The minimum atomic E-state index is -2.20. The molecule has 0 saturated heterocycles. The summed E-state index contributed by atoms with van der Waals surface area (Å²) in [6.45, 7) is -9.46. The van der Waals surface area contributed by atoms with E-state index in [0.29, 0.717) is 4.90 Å². The van der Waals surface area contributed by atoms with Gasteiger partial charge in [0.25, 0.3) is 5.91 Å². The van der Waals surface area contributed by atoms with E-state index in [4.69, 9.17) is 62.3 Å². The van der Waals surface area contributed by atoms with E-state index in [1.165, 1.54) is 6.92 Å². The monoisotopic (exact) mass is 1260 g/mol. The Morgan fingerprint density at radius 1 is 0.271 bits per heavy atom. The van der Waals surface area contributed by atoms with Crippen LogP contribution in [-0.2, 0) is 61.7 Å². The molecule has 0 radical (unpaired) electrons. The second kappa shape index (κ2) is 49.6. The van der Waals surface area contributed by atoms with Crippen LogP contribution >= 0.6 is 0 Å². The quantitative estimate of drug-likeness (QED) is 0.0269. The number of carbonyl (C=O) groups excluding carboxylic acids is 2. The maximum Gasteiger partial charge on any atom is 0.254 e. The summed E-state index contributed by atoms with van der Waals surface area (Å²) in [4.78, 5) is 24.5. The second-order valence-corrected chi connectivity index (χ2v) is 19.9. The Balaban J connectivity index is 4.22. The molecule has 0 aliphatic heterocycles. The lowest BCUT2D eigenvalue weighted by Gasteiger charge is -2.34. The van der Waals surface area contributed by atoms with E-state index in [1.54, 1.807) is 0 Å². The molecule has 20 atom stereocenters. The van der Waals surface area contributed by atoms with E-state index in [1.807, 2.05) is 0 Å². The molecule has 508 valence electrons. The van der Waals surface area contributed by atoms with Crippen molar-refractivity contribution in [3.63, 3.8) is 0 Å². The third-order valence-corrected chi connectivity index (χ3v) is 11.3. The van der Waals surface area contributed by atoms with Crippen molar-refractivity contribution in [1.29, 1.82) is 0 Å². The van der Waals surface area contributed by atoms with Gasteiger partial charge in [-0.25, -0.2) is 0 Å². The summed E-state index contributed by atoms with van der Waals surface area (Å²) in [6.07, 6.45) is -31.7. The molecule has 0 rings (SSSR count). The summed E-state index contributed by atoms with van der Waals surface area (Å²) >= 11 is 0. The van der Waals surface area contributed by atoms with Crippen LogP contribution < -0.4 is 0 Å². The van der Waals surface area contributed by atoms with Gasteiger partial charge >= 0.3 is 0 Å². The minimum absolute atomic E-state index is 0.190. The van der Waals surface area contributed by atoms with Gasteiger partial charge in [0.1, 0.15) is 116 Å². The molecule has 0 aromatic heterocycles. The van der Waals surface area contributed by atoms with Gasteiger partial charge in [0, 0.05) is 13.1 Å². The van der Waals surface area contributed by atoms with Crippen LogP contribution in [0.25, 0.3) is 0 Å². The molecule has 0 bridgehead atoms. The Bertz CT molecular complexity index is 1580. The fourth-order valence-electron chi connectivity index (χ4n) is 6.62. The molecule has 0 aliphatic carbocycles. The first-order valence-corrected chi connectivity index (χ1v) is 27.1. The average Bonchev–Trinajstić information content (AvgIpc) is 3.67. The lowest BCUT2D eigenvalue weighted by atomic mass is 10.0. The zero-order chi connectivity index (χ0) is 64.4. The standard InChI is InChI=1S/C49H97NO35/c1-28(53)43(68)26-84-24-37(62)22-82-20-35(60)18-80-16-33(58)14-78-12-31(56)10-76-8-29(54)6-75-7-30(55)9-77-11-32(57)13-79-15-34(59)17-81-19-36(61)21-83-23-38(63)25-85-27-44(69)49(74)50(2-39(64)45(70)47(72)41(66)4-51)3-40(65)46(71)48(73)42(67)5-52/h29-48,51-52,54-73H,2-27H2,1H3/t29?,30?,31?,32?,33?,34?,35?,36?,37?,38?,39-,40-,41+,42+,43?,44?,45+,46+,47+,48+/m0/s1. The topological polar surface area (TPSA) is 584 Å². The summed E-state index contributed by atoms with van der Waals surface area (Å²) in [5, 5.41) is 219. The van der Waals surface area contributed by atoms with Gasteiger partial charge in [0.05, 0.1) is 159 Å². The van der Waals surface area contributed by atoms with E-state index >= 15 is 0 Å². The predicted octanol–water partition coefficient (Wildman–Crippen LogP) is -14.2. The van der Waals surface area contributed by atoms with Crippen LogP contribution in [0, 0.1) is 0 Å². The van der Waals surface area contributed by atoms with E-state index < -0.39 is 180 Å². The number of rotatable bonds is 58. The summed E-state index contributed by atoms with van der Waals surface area (Å²) < 4.78 is 57.1. The Morgan fingerprint density at radius 2 is 0.435 bits per heavy atom. The van der Waals surface area contributed by atoms with Gasteiger partial charge < -0.3 is 169 Å². The molecule has 36 heteroatoms. The highest BCUT2D eigenvalue weighted by Gasteiger charge is 2.37. The minimum Gasteiger partial charge on any atom is -0.394 e. The van der Waals surface area contributed by atoms with Crippen LogP contribution in [0.2, 0.25) is 0 Å². The number of aliphatic hydroxyl groups is 22. The highest BCUT2D eigenvalue weighted by Crippen LogP contribution is 2.13. The number of hydrogen-bond donors (Lipinski definition) is 22. The van der Waals surface area contributed by atoms with Crippen LogP contribution in [0.4, 0.5) is 0 Å². The van der Waals surface area contributed by atoms with Gasteiger partial charge in [0.2, 0.25) is 0 Å². The van der Waals surface area contributed by atoms with Crippen molar-refractivity contribution in [2.45, 2.75) is 129 Å². The van der Waals surface area contributed by atoms with Crippen LogP contribution in [0.15, 0.2) is 0 Å². The molecular weight excluding hydrogens is 1160 g/mol. The predicted molar refractivity (Wildman–Crippen MR) is 281 cm³/mol. The molecule has 0 heterocycles. The molecular formula is C49H97NO35. The smallest absolute Gasteiger partial charge is 0.254 e. The normalized spacial score (nSPS) is 19.4. The Labute approximate surface area is 490 Å². The molecule has 22 N–H and O–H groups in total. The third-order valence-electron chi connectivity index (χ3n) is 11.3. The fraction of sp³-hybridized carbons (Fsp3) is 0.959. The van der Waals surface area contributed by atoms with Crippen molar-refractivity contribution in [3.8, 4) is 0 Å². The van der Waals surface area contributed by atoms with Gasteiger partial charge in [-0.1, -0.05) is 0 Å². The molecule has 0 spiro atoms. The van der Waals surface area contributed by atoms with Gasteiger partial charge in [-0.15, -0.1) is 0 Å². The molecule has 0 aliphatic rings. The first-order valence-electron chi connectivity index (χ1n) is 27.1. The fourth-order valence-corrected chi connectivity index (χ4v) is 6.62. The highest BCUT2D eigenvalue weighted by atomic mass is 16.6. The number of aliphatic hydroxyl groups excluding tert-OH is 22. The number of ether oxygens (including phenoxy) is 11. The Morgan fingerprint density at radius 3 is 0.612 bits per heavy atom. The molecule has 12 unspecified atom stereocenters. The van der Waals surface area contributed by atoms with Crippen molar-refractivity contribution in [2.75, 3.05) is 172 Å². The van der Waals surface area contributed by atoms with Gasteiger partial charge in [-0.05, 0) is 6.92 Å². The maximum atomic E-state index is 13.1. The molecule has 0 saturated carbocycles. The van der Waals surface area contributed by atoms with E-state index in [-0.39, 0.29) is 126 Å². The van der Waals surface area contributed by atoms with E-state index in [2.05, 4.69) is 0 Å². The SMILES string of the molecule is CC(=O)C(O)COCC(O)COCC(O)COCC(O)COCC(O)COCC(O)COCC(O)COCC(O)COCC(O)COCC(O)COCC(O)COCC(O)C(=O)N(C[C@H](O)[C@@H](O)[C@H](O)[C@H](O)CO)C[C@H](O)[C@@H](O)[C@H](O)[C@H](O)CO. The van der Waals surface area contributed by atoms with Crippen molar-refractivity contribution in [3.05, 3.63) is 0 Å². The first kappa shape index (κ1) is 82.8. The maximum absolute atomic E-state index is 13.1. The van der Waals surface area contributed by atoms with Crippen molar-refractivity contribution < 1.29 is 174 Å². The Hall–Kier alpha value is -2.18. The summed E-state index contributed by atoms with van der Waals surface area (Å²) in [5.41, 5.74) is 0. The Kier molecular flexibility index (Phi) is 48.3. The number of hydrogen-bond acceptors (Lipinski definition) is 35. The van der Waals surface area contributed by atoms with Gasteiger partial charge in [-0.3, -0.25) is 9.59 Å². The van der Waals surface area contributed by atoms with Gasteiger partial charge in [-0.2, -0.15) is 0 Å². The van der Waals surface area contributed by atoms with Crippen molar-refractivity contribution >= 4 is 11.7 Å². The number of Topliss-reactive ketones (excluding diaryl/α,β-unsaturated/α-hetero) is 1.